The second-order valence-electron chi connectivity index (χ2n) is 4.36. The summed E-state index contributed by atoms with van der Waals surface area (Å²) in [6, 6.07) is 8.36. The summed E-state index contributed by atoms with van der Waals surface area (Å²) in [6.45, 7) is 5.54. The van der Waals surface area contributed by atoms with Crippen LogP contribution in [0.15, 0.2) is 24.3 Å². The molecule has 1 aromatic rings. The Balaban J connectivity index is 2.00. The van der Waals surface area contributed by atoms with Crippen molar-refractivity contribution in [2.24, 2.45) is 5.73 Å². The maximum Gasteiger partial charge on any atom is 0.236 e. The lowest BCUT2D eigenvalue weighted by Gasteiger charge is -2.36. The zero-order valence-corrected chi connectivity index (χ0v) is 10.2. The summed E-state index contributed by atoms with van der Waals surface area (Å²) in [5, 5.41) is 0. The fourth-order valence-corrected chi connectivity index (χ4v) is 2.24. The Morgan fingerprint density at radius 2 is 1.88 bits per heavy atom. The Morgan fingerprint density at radius 3 is 2.47 bits per heavy atom. The number of rotatable bonds is 2. The Morgan fingerprint density at radius 1 is 1.24 bits per heavy atom. The van der Waals surface area contributed by atoms with Gasteiger partial charge in [0.2, 0.25) is 5.91 Å². The summed E-state index contributed by atoms with van der Waals surface area (Å²) in [5.74, 6) is 0.0504. The van der Waals surface area contributed by atoms with Crippen molar-refractivity contribution < 1.29 is 4.79 Å². The van der Waals surface area contributed by atoms with Gasteiger partial charge in [0.1, 0.15) is 0 Å². The van der Waals surface area contributed by atoms with Crippen LogP contribution in [0.25, 0.3) is 0 Å². The fourth-order valence-electron chi connectivity index (χ4n) is 2.24. The van der Waals surface area contributed by atoms with Crippen molar-refractivity contribution in [1.29, 1.82) is 0 Å². The van der Waals surface area contributed by atoms with Gasteiger partial charge in [-0.15, -0.1) is 0 Å². The van der Waals surface area contributed by atoms with E-state index in [1.54, 1.807) is 0 Å². The smallest absolute Gasteiger partial charge is 0.236 e. The van der Waals surface area contributed by atoms with Crippen molar-refractivity contribution in [2.75, 3.05) is 37.6 Å². The van der Waals surface area contributed by atoms with Crippen molar-refractivity contribution >= 4 is 11.6 Å². The van der Waals surface area contributed by atoms with E-state index >= 15 is 0 Å². The molecule has 1 aliphatic heterocycles. The van der Waals surface area contributed by atoms with Crippen LogP contribution in [0, 0.1) is 6.92 Å². The first kappa shape index (κ1) is 11.9. The molecule has 92 valence electrons. The predicted molar refractivity (Wildman–Crippen MR) is 69.0 cm³/mol. The van der Waals surface area contributed by atoms with Gasteiger partial charge in [-0.25, -0.2) is 0 Å². The number of hydrogen-bond donors (Lipinski definition) is 1. The lowest BCUT2D eigenvalue weighted by molar-refractivity contribution is -0.129. The molecule has 4 heteroatoms. The molecule has 0 atom stereocenters. The topological polar surface area (TPSA) is 49.6 Å². The van der Waals surface area contributed by atoms with Crippen LogP contribution in [-0.2, 0) is 4.79 Å². The number of carbonyl (C=O) groups is 1. The number of nitrogens with two attached hydrogens (primary N) is 1. The molecule has 0 spiro atoms. The minimum atomic E-state index is 0.0504. The summed E-state index contributed by atoms with van der Waals surface area (Å²) in [7, 11) is 0. The lowest BCUT2D eigenvalue weighted by Crippen LogP contribution is -2.50. The molecule has 0 radical (unpaired) electrons. The van der Waals surface area contributed by atoms with E-state index in [2.05, 4.69) is 30.0 Å². The molecule has 0 aliphatic carbocycles. The summed E-state index contributed by atoms with van der Waals surface area (Å²) in [6.07, 6.45) is 0. The van der Waals surface area contributed by atoms with Crippen molar-refractivity contribution in [3.05, 3.63) is 29.8 Å². The molecule has 0 unspecified atom stereocenters. The van der Waals surface area contributed by atoms with Gasteiger partial charge in [0.05, 0.1) is 6.54 Å². The Bertz CT molecular complexity index is 397. The number of amides is 1. The van der Waals surface area contributed by atoms with Crippen LogP contribution in [0.5, 0.6) is 0 Å². The average molecular weight is 233 g/mol. The monoisotopic (exact) mass is 233 g/mol. The highest BCUT2D eigenvalue weighted by Crippen LogP contribution is 2.20. The number of benzene rings is 1. The molecule has 1 aliphatic rings. The van der Waals surface area contributed by atoms with E-state index in [9.17, 15) is 4.79 Å². The van der Waals surface area contributed by atoms with E-state index in [4.69, 9.17) is 5.73 Å². The summed E-state index contributed by atoms with van der Waals surface area (Å²) >= 11 is 0. The number of carbonyl (C=O) groups excluding carboxylic acids is 1. The van der Waals surface area contributed by atoms with Crippen LogP contribution < -0.4 is 10.6 Å². The zero-order valence-electron chi connectivity index (χ0n) is 10.2. The van der Waals surface area contributed by atoms with Gasteiger partial charge in [-0.1, -0.05) is 18.2 Å². The van der Waals surface area contributed by atoms with Gasteiger partial charge in [0.25, 0.3) is 0 Å². The van der Waals surface area contributed by atoms with Crippen LogP contribution in [0.4, 0.5) is 5.69 Å². The third-order valence-electron chi connectivity index (χ3n) is 3.26. The molecular formula is C13H19N3O. The quantitative estimate of drug-likeness (QED) is 0.814. The van der Waals surface area contributed by atoms with E-state index in [1.807, 2.05) is 11.0 Å². The first-order valence-electron chi connectivity index (χ1n) is 6.01. The molecule has 1 amide bonds. The maximum absolute atomic E-state index is 11.5. The number of aryl methyl sites for hydroxylation is 1. The molecule has 2 N–H and O–H groups in total. The lowest BCUT2D eigenvalue weighted by atomic mass is 10.1. The van der Waals surface area contributed by atoms with Gasteiger partial charge in [0, 0.05) is 31.9 Å². The third kappa shape index (κ3) is 2.58. The Kier molecular flexibility index (Phi) is 3.64. The third-order valence-corrected chi connectivity index (χ3v) is 3.26. The zero-order chi connectivity index (χ0) is 12.3. The number of nitrogens with zero attached hydrogens (tertiary/aromatic N) is 2. The van der Waals surface area contributed by atoms with Crippen LogP contribution in [0.2, 0.25) is 0 Å². The summed E-state index contributed by atoms with van der Waals surface area (Å²) < 4.78 is 0. The normalized spacial score (nSPS) is 16.1. The minimum absolute atomic E-state index is 0.0504. The Hall–Kier alpha value is -1.55. The molecule has 0 saturated carbocycles. The number of anilines is 1. The van der Waals surface area contributed by atoms with E-state index in [0.717, 1.165) is 26.2 Å². The summed E-state index contributed by atoms with van der Waals surface area (Å²) in [4.78, 5) is 15.6. The summed E-state index contributed by atoms with van der Waals surface area (Å²) in [5.41, 5.74) is 7.92. The highest BCUT2D eigenvalue weighted by atomic mass is 16.2. The highest BCUT2D eigenvalue weighted by molar-refractivity contribution is 5.78. The molecule has 0 bridgehead atoms. The van der Waals surface area contributed by atoms with E-state index in [-0.39, 0.29) is 12.5 Å². The van der Waals surface area contributed by atoms with Gasteiger partial charge in [-0.3, -0.25) is 4.79 Å². The van der Waals surface area contributed by atoms with Gasteiger partial charge in [0.15, 0.2) is 0 Å². The first-order valence-corrected chi connectivity index (χ1v) is 6.01. The van der Waals surface area contributed by atoms with E-state index in [1.165, 1.54) is 11.3 Å². The van der Waals surface area contributed by atoms with Crippen LogP contribution in [0.3, 0.4) is 0 Å². The second kappa shape index (κ2) is 5.19. The second-order valence-corrected chi connectivity index (χ2v) is 4.36. The van der Waals surface area contributed by atoms with Crippen molar-refractivity contribution in [2.45, 2.75) is 6.92 Å². The van der Waals surface area contributed by atoms with Crippen LogP contribution in [-0.4, -0.2) is 43.5 Å². The van der Waals surface area contributed by atoms with E-state index < -0.39 is 0 Å². The van der Waals surface area contributed by atoms with Gasteiger partial charge in [-0.05, 0) is 18.6 Å². The van der Waals surface area contributed by atoms with Crippen molar-refractivity contribution in [1.82, 2.24) is 4.90 Å². The van der Waals surface area contributed by atoms with E-state index in [0.29, 0.717) is 0 Å². The first-order chi connectivity index (χ1) is 8.22. The van der Waals surface area contributed by atoms with Gasteiger partial charge < -0.3 is 15.5 Å². The highest BCUT2D eigenvalue weighted by Gasteiger charge is 2.20. The largest absolute Gasteiger partial charge is 0.368 e. The number of para-hydroxylation sites is 1. The standard InChI is InChI=1S/C13H19N3O/c1-11-4-2-3-5-12(11)15-6-8-16(9-7-15)13(17)10-14/h2-5H,6-10,14H2,1H3. The molecule has 1 fully saturated rings. The molecular weight excluding hydrogens is 214 g/mol. The van der Waals surface area contributed by atoms with Crippen molar-refractivity contribution in [3.63, 3.8) is 0 Å². The molecule has 1 heterocycles. The van der Waals surface area contributed by atoms with Crippen molar-refractivity contribution in [3.8, 4) is 0 Å². The van der Waals surface area contributed by atoms with Gasteiger partial charge >= 0.3 is 0 Å². The fraction of sp³-hybridized carbons (Fsp3) is 0.462. The molecule has 1 saturated heterocycles. The number of piperazine rings is 1. The molecule has 2 rings (SSSR count). The van der Waals surface area contributed by atoms with Crippen LogP contribution in [0.1, 0.15) is 5.56 Å². The molecule has 0 aromatic heterocycles. The minimum Gasteiger partial charge on any atom is -0.368 e. The van der Waals surface area contributed by atoms with Crippen LogP contribution >= 0.6 is 0 Å². The number of hydrogen-bond acceptors (Lipinski definition) is 3. The average Bonchev–Trinajstić information content (AvgIpc) is 2.39. The SMILES string of the molecule is Cc1ccccc1N1CCN(C(=O)CN)CC1. The predicted octanol–water partition coefficient (Wildman–Crippen LogP) is 0.602. The molecule has 4 nitrogen and oxygen atoms in total. The maximum atomic E-state index is 11.5. The Labute approximate surface area is 102 Å². The molecule has 17 heavy (non-hydrogen) atoms. The molecule has 1 aromatic carbocycles. The van der Waals surface area contributed by atoms with Gasteiger partial charge in [-0.2, -0.15) is 0 Å².